The number of rotatable bonds is 17. The quantitative estimate of drug-likeness (QED) is 0.299. The number of carboxylic acids is 1. The lowest BCUT2D eigenvalue weighted by atomic mass is 10.5. The van der Waals surface area contributed by atoms with Crippen molar-refractivity contribution in [1.29, 1.82) is 0 Å². The van der Waals surface area contributed by atoms with Gasteiger partial charge in [-0.1, -0.05) is 6.92 Å². The summed E-state index contributed by atoms with van der Waals surface area (Å²) in [6.45, 7) is 6.62. The minimum Gasteiger partial charge on any atom is -0.481 e. The van der Waals surface area contributed by atoms with Gasteiger partial charge in [-0.25, -0.2) is 0 Å². The van der Waals surface area contributed by atoms with Gasteiger partial charge in [0.2, 0.25) is 0 Å². The average molecular weight is 324 g/mol. The van der Waals surface area contributed by atoms with Crippen molar-refractivity contribution in [3.05, 3.63) is 0 Å². The Morgan fingerprint density at radius 1 is 0.810 bits per heavy atom. The largest absolute Gasteiger partial charge is 0.481 e. The summed E-state index contributed by atoms with van der Waals surface area (Å²) in [5.74, 6) is -0.856. The number of ether oxygens (including phenoxy) is 4. The second kappa shape index (κ2) is 17.5. The van der Waals surface area contributed by atoms with Gasteiger partial charge in [-0.2, -0.15) is 0 Å². The van der Waals surface area contributed by atoms with Crippen molar-refractivity contribution in [2.75, 3.05) is 59.5 Å². The Labute approximate surface area is 128 Å². The highest BCUT2D eigenvalue weighted by Crippen LogP contribution is 1.85. The lowest BCUT2D eigenvalue weighted by Gasteiger charge is -2.07. The van der Waals surface area contributed by atoms with Crippen molar-refractivity contribution in [1.82, 2.24) is 0 Å². The first-order valence-electron chi connectivity index (χ1n) is 7.38. The van der Waals surface area contributed by atoms with E-state index < -0.39 is 5.97 Å². The highest BCUT2D eigenvalue weighted by atomic mass is 28.2. The zero-order valence-electron chi connectivity index (χ0n) is 12.9. The van der Waals surface area contributed by atoms with Crippen molar-refractivity contribution in [3.63, 3.8) is 0 Å². The van der Waals surface area contributed by atoms with Crippen molar-refractivity contribution in [2.24, 2.45) is 0 Å². The van der Waals surface area contributed by atoms with Crippen LogP contribution >= 0.6 is 0 Å². The van der Waals surface area contributed by atoms with Crippen LogP contribution in [-0.2, 0) is 28.2 Å². The zero-order valence-corrected chi connectivity index (χ0v) is 14.3. The minimum atomic E-state index is -0.856. The van der Waals surface area contributed by atoms with Crippen molar-refractivity contribution in [3.8, 4) is 0 Å². The Kier molecular flexibility index (Phi) is 17.1. The number of carboxylic acid groups (broad SMARTS) is 1. The third-order valence-electron chi connectivity index (χ3n) is 2.30. The molecule has 0 fully saturated rings. The molecule has 0 saturated carbocycles. The van der Waals surface area contributed by atoms with Crippen LogP contribution in [0, 0.1) is 0 Å². The van der Waals surface area contributed by atoms with Crippen LogP contribution in [-0.4, -0.2) is 80.3 Å². The molecule has 0 heterocycles. The van der Waals surface area contributed by atoms with Crippen LogP contribution in [0.3, 0.4) is 0 Å². The fourth-order valence-electron chi connectivity index (χ4n) is 1.29. The molecule has 0 aromatic heterocycles. The summed E-state index contributed by atoms with van der Waals surface area (Å²) >= 11 is 0. The highest BCUT2D eigenvalue weighted by molar-refractivity contribution is 6.26. The first-order chi connectivity index (χ1) is 10.3. The topological polar surface area (TPSA) is 83.5 Å². The van der Waals surface area contributed by atoms with E-state index in [9.17, 15) is 4.79 Å². The minimum absolute atomic E-state index is 0.0226. The van der Waals surface area contributed by atoms with Gasteiger partial charge in [0.05, 0.1) is 65.9 Å². The van der Waals surface area contributed by atoms with Gasteiger partial charge >= 0.3 is 5.97 Å². The number of hydrogen-bond donors (Lipinski definition) is 1. The van der Waals surface area contributed by atoms with E-state index in [0.717, 1.165) is 6.04 Å². The maximum Gasteiger partial charge on any atom is 0.305 e. The van der Waals surface area contributed by atoms with Gasteiger partial charge in [0.15, 0.2) is 9.76 Å². The predicted molar refractivity (Wildman–Crippen MR) is 80.5 cm³/mol. The van der Waals surface area contributed by atoms with E-state index in [1.54, 1.807) is 0 Å². The zero-order chi connectivity index (χ0) is 15.6. The molecule has 0 saturated heterocycles. The molecule has 0 aliphatic rings. The van der Waals surface area contributed by atoms with Crippen LogP contribution in [0.4, 0.5) is 0 Å². The molecular formula is C13H28O7Si. The molecule has 1 N–H and O–H groups in total. The molecule has 0 atom stereocenters. The van der Waals surface area contributed by atoms with Gasteiger partial charge < -0.3 is 28.5 Å². The molecule has 0 aliphatic carbocycles. The molecule has 7 nitrogen and oxygen atoms in total. The Morgan fingerprint density at radius 3 is 1.67 bits per heavy atom. The van der Waals surface area contributed by atoms with Crippen LogP contribution in [0.15, 0.2) is 0 Å². The second-order valence-corrected chi connectivity index (χ2v) is 6.02. The van der Waals surface area contributed by atoms with Crippen LogP contribution in [0.25, 0.3) is 0 Å². The maximum absolute atomic E-state index is 10.2. The van der Waals surface area contributed by atoms with Gasteiger partial charge in [-0.05, 0) is 6.04 Å². The van der Waals surface area contributed by atoms with Crippen molar-refractivity contribution < 1.29 is 33.3 Å². The Hall–Kier alpha value is -0.513. The van der Waals surface area contributed by atoms with Crippen molar-refractivity contribution >= 4 is 15.7 Å². The molecule has 21 heavy (non-hydrogen) atoms. The Morgan fingerprint density at radius 2 is 1.24 bits per heavy atom. The molecule has 0 aliphatic heterocycles. The molecule has 0 amide bonds. The van der Waals surface area contributed by atoms with Crippen LogP contribution < -0.4 is 0 Å². The monoisotopic (exact) mass is 324 g/mol. The summed E-state index contributed by atoms with van der Waals surface area (Å²) in [7, 11) is -0.311. The maximum atomic E-state index is 10.2. The van der Waals surface area contributed by atoms with E-state index in [-0.39, 0.29) is 22.8 Å². The smallest absolute Gasteiger partial charge is 0.305 e. The SMILES string of the molecule is CC[SiH2]OCCOCCOCCOCCOCCC(=O)O. The fraction of sp³-hybridized carbons (Fsp3) is 0.923. The van der Waals surface area contributed by atoms with Crippen molar-refractivity contribution in [2.45, 2.75) is 19.4 Å². The van der Waals surface area contributed by atoms with Gasteiger partial charge in [-0.15, -0.1) is 0 Å². The van der Waals surface area contributed by atoms with E-state index >= 15 is 0 Å². The molecule has 0 bridgehead atoms. The van der Waals surface area contributed by atoms with E-state index in [1.807, 2.05) is 0 Å². The highest BCUT2D eigenvalue weighted by Gasteiger charge is 1.96. The molecule has 0 radical (unpaired) electrons. The first kappa shape index (κ1) is 20.5. The summed E-state index contributed by atoms with van der Waals surface area (Å²) in [5.41, 5.74) is 0. The molecule has 126 valence electrons. The van der Waals surface area contributed by atoms with Crippen LogP contribution in [0.2, 0.25) is 6.04 Å². The molecule has 0 rings (SSSR count). The molecule has 0 spiro atoms. The number of carbonyl (C=O) groups is 1. The lowest BCUT2D eigenvalue weighted by molar-refractivity contribution is -0.138. The summed E-state index contributed by atoms with van der Waals surface area (Å²) in [5, 5.41) is 8.39. The summed E-state index contributed by atoms with van der Waals surface area (Å²) in [4.78, 5) is 10.2. The summed E-state index contributed by atoms with van der Waals surface area (Å²) in [6, 6.07) is 1.16. The van der Waals surface area contributed by atoms with Gasteiger partial charge in [0.1, 0.15) is 0 Å². The summed E-state index contributed by atoms with van der Waals surface area (Å²) in [6.07, 6.45) is 0.0226. The average Bonchev–Trinajstić information content (AvgIpc) is 2.46. The predicted octanol–water partition coefficient (Wildman–Crippen LogP) is 0.0661. The summed E-state index contributed by atoms with van der Waals surface area (Å²) < 4.78 is 26.4. The van der Waals surface area contributed by atoms with Crippen LogP contribution in [0.5, 0.6) is 0 Å². The van der Waals surface area contributed by atoms with Gasteiger partial charge in [-0.3, -0.25) is 4.79 Å². The third-order valence-corrected chi connectivity index (χ3v) is 3.28. The molecular weight excluding hydrogens is 296 g/mol. The van der Waals surface area contributed by atoms with Crippen LogP contribution in [0.1, 0.15) is 13.3 Å². The van der Waals surface area contributed by atoms with Gasteiger partial charge in [0.25, 0.3) is 0 Å². The van der Waals surface area contributed by atoms with E-state index in [0.29, 0.717) is 52.9 Å². The van der Waals surface area contributed by atoms with E-state index in [1.165, 1.54) is 0 Å². The normalized spacial score (nSPS) is 11.5. The fourth-order valence-corrected chi connectivity index (χ4v) is 1.90. The number of aliphatic carboxylic acids is 1. The van der Waals surface area contributed by atoms with Gasteiger partial charge in [0, 0.05) is 0 Å². The standard InChI is InChI=1S/C13H28O7Si/c1-2-21-20-12-11-19-10-9-18-8-7-17-6-5-16-4-3-13(14)15/h2-12,21H2,1H3,(H,14,15). The molecule has 0 aromatic rings. The Bertz CT molecular complexity index is 229. The van der Waals surface area contributed by atoms with E-state index in [4.69, 9.17) is 28.5 Å². The Balaban J connectivity index is 2.95. The molecule has 0 aromatic carbocycles. The number of hydrogen-bond acceptors (Lipinski definition) is 6. The molecule has 8 heteroatoms. The molecule has 0 unspecified atom stereocenters. The first-order valence-corrected chi connectivity index (χ1v) is 8.95. The third kappa shape index (κ3) is 19.5. The lowest BCUT2D eigenvalue weighted by Crippen LogP contribution is -2.14. The van der Waals surface area contributed by atoms with E-state index in [2.05, 4.69) is 6.92 Å². The second-order valence-electron chi connectivity index (χ2n) is 4.21.